The average molecular weight is 312 g/mol. The van der Waals surface area contributed by atoms with Crippen LogP contribution >= 0.6 is 0 Å². The van der Waals surface area contributed by atoms with Gasteiger partial charge in [-0.25, -0.2) is 12.7 Å². The highest BCUT2D eigenvalue weighted by Gasteiger charge is 2.26. The zero-order chi connectivity index (χ0) is 15.3. The van der Waals surface area contributed by atoms with Crippen LogP contribution < -0.4 is 5.32 Å². The number of nitrogens with zero attached hydrogens (tertiary/aromatic N) is 1. The third-order valence-electron chi connectivity index (χ3n) is 3.90. The lowest BCUT2D eigenvalue weighted by Gasteiger charge is -2.33. The van der Waals surface area contributed by atoms with E-state index < -0.39 is 10.0 Å². The average Bonchev–Trinajstić information content (AvgIpc) is 2.47. The molecule has 1 aromatic rings. The van der Waals surface area contributed by atoms with Crippen LogP contribution in [0.3, 0.4) is 0 Å². The summed E-state index contributed by atoms with van der Waals surface area (Å²) in [5.74, 6) is 0. The first-order valence-corrected chi connectivity index (χ1v) is 9.10. The lowest BCUT2D eigenvalue weighted by Crippen LogP contribution is -2.46. The van der Waals surface area contributed by atoms with Gasteiger partial charge in [-0.2, -0.15) is 0 Å². The van der Waals surface area contributed by atoms with Gasteiger partial charge in [0, 0.05) is 26.2 Å². The molecule has 1 unspecified atom stereocenters. The summed E-state index contributed by atoms with van der Waals surface area (Å²) in [6.07, 6.45) is 2.94. The Balaban J connectivity index is 1.94. The third kappa shape index (κ3) is 4.78. The molecule has 0 spiro atoms. The molecule has 0 radical (unpaired) electrons. The molecule has 1 aliphatic rings. The van der Waals surface area contributed by atoms with Crippen LogP contribution in [0.2, 0.25) is 0 Å². The van der Waals surface area contributed by atoms with E-state index in [1.165, 1.54) is 11.8 Å². The fourth-order valence-electron chi connectivity index (χ4n) is 2.73. The van der Waals surface area contributed by atoms with E-state index in [1.54, 1.807) is 11.4 Å². The Labute approximate surface area is 127 Å². The van der Waals surface area contributed by atoms with Crippen LogP contribution in [-0.4, -0.2) is 51.8 Å². The summed E-state index contributed by atoms with van der Waals surface area (Å²) in [5, 5.41) is 3.60. The minimum absolute atomic E-state index is 0.144. The highest BCUT2D eigenvalue weighted by atomic mass is 32.2. The van der Waals surface area contributed by atoms with Gasteiger partial charge in [-0.1, -0.05) is 30.3 Å². The molecule has 1 atom stereocenters. The molecular formula is C15H24N2O3S. The number of piperidine rings is 1. The monoisotopic (exact) mass is 312 g/mol. The lowest BCUT2D eigenvalue weighted by atomic mass is 10.0. The number of methoxy groups -OCH3 is 1. The van der Waals surface area contributed by atoms with Crippen LogP contribution in [-0.2, 0) is 14.8 Å². The summed E-state index contributed by atoms with van der Waals surface area (Å²) in [7, 11) is -1.36. The standard InChI is InChI=1S/C15H24N2O3S/c1-20-12-15(13-6-4-3-5-7-13)16-14-8-10-17(11-9-14)21(2,18)19/h3-7,14-16H,8-12H2,1-2H3. The van der Waals surface area contributed by atoms with Gasteiger partial charge >= 0.3 is 0 Å². The molecule has 2 rings (SSSR count). The maximum absolute atomic E-state index is 11.5. The first-order valence-electron chi connectivity index (χ1n) is 7.25. The van der Waals surface area contributed by atoms with E-state index in [0.29, 0.717) is 25.7 Å². The molecule has 118 valence electrons. The van der Waals surface area contributed by atoms with Crippen LogP contribution in [0.4, 0.5) is 0 Å². The largest absolute Gasteiger partial charge is 0.383 e. The van der Waals surface area contributed by atoms with Crippen molar-refractivity contribution in [2.75, 3.05) is 33.1 Å². The van der Waals surface area contributed by atoms with E-state index in [-0.39, 0.29) is 6.04 Å². The van der Waals surface area contributed by atoms with E-state index in [0.717, 1.165) is 12.8 Å². The molecule has 0 aliphatic carbocycles. The van der Waals surface area contributed by atoms with Gasteiger partial charge in [0.15, 0.2) is 0 Å². The zero-order valence-corrected chi connectivity index (χ0v) is 13.5. The fraction of sp³-hybridized carbons (Fsp3) is 0.600. The molecule has 1 aromatic carbocycles. The molecule has 0 saturated carbocycles. The van der Waals surface area contributed by atoms with Gasteiger partial charge in [0.25, 0.3) is 0 Å². The summed E-state index contributed by atoms with van der Waals surface area (Å²) < 4.78 is 29.9. The molecule has 0 aromatic heterocycles. The van der Waals surface area contributed by atoms with Crippen LogP contribution in [0.15, 0.2) is 30.3 Å². The molecule has 1 fully saturated rings. The van der Waals surface area contributed by atoms with E-state index in [9.17, 15) is 8.42 Å². The lowest BCUT2D eigenvalue weighted by molar-refractivity contribution is 0.153. The van der Waals surface area contributed by atoms with Crippen molar-refractivity contribution in [2.24, 2.45) is 0 Å². The Bertz CT molecular complexity index is 525. The van der Waals surface area contributed by atoms with Gasteiger partial charge in [-0.05, 0) is 18.4 Å². The van der Waals surface area contributed by atoms with E-state index in [1.807, 2.05) is 18.2 Å². The summed E-state index contributed by atoms with van der Waals surface area (Å²) >= 11 is 0. The van der Waals surface area contributed by atoms with Gasteiger partial charge < -0.3 is 10.1 Å². The minimum atomic E-state index is -3.06. The SMILES string of the molecule is COCC(NC1CCN(S(C)(=O)=O)CC1)c1ccccc1. The van der Waals surface area contributed by atoms with Crippen molar-refractivity contribution in [3.63, 3.8) is 0 Å². The smallest absolute Gasteiger partial charge is 0.211 e. The number of rotatable bonds is 6. The number of hydrogen-bond acceptors (Lipinski definition) is 4. The first-order chi connectivity index (χ1) is 10.0. The predicted octanol–water partition coefficient (Wildman–Crippen LogP) is 1.39. The second kappa shape index (κ2) is 7.35. The van der Waals surface area contributed by atoms with Crippen LogP contribution in [0.25, 0.3) is 0 Å². The Morgan fingerprint density at radius 1 is 1.29 bits per heavy atom. The summed E-state index contributed by atoms with van der Waals surface area (Å²) in [6, 6.07) is 10.7. The molecule has 1 heterocycles. The summed E-state index contributed by atoms with van der Waals surface area (Å²) in [4.78, 5) is 0. The van der Waals surface area contributed by atoms with Crippen LogP contribution in [0.5, 0.6) is 0 Å². The second-order valence-electron chi connectivity index (χ2n) is 5.52. The molecule has 6 heteroatoms. The van der Waals surface area contributed by atoms with Gasteiger partial charge in [0.05, 0.1) is 18.9 Å². The summed E-state index contributed by atoms with van der Waals surface area (Å²) in [6.45, 7) is 1.78. The van der Waals surface area contributed by atoms with Crippen molar-refractivity contribution in [3.8, 4) is 0 Å². The number of ether oxygens (including phenoxy) is 1. The van der Waals surface area contributed by atoms with Crippen LogP contribution in [0.1, 0.15) is 24.4 Å². The van der Waals surface area contributed by atoms with Crippen molar-refractivity contribution in [2.45, 2.75) is 24.9 Å². The molecule has 0 amide bonds. The van der Waals surface area contributed by atoms with Crippen molar-refractivity contribution in [3.05, 3.63) is 35.9 Å². The number of sulfonamides is 1. The van der Waals surface area contributed by atoms with E-state index >= 15 is 0 Å². The molecule has 5 nitrogen and oxygen atoms in total. The summed E-state index contributed by atoms with van der Waals surface area (Å²) in [5.41, 5.74) is 1.20. The molecule has 1 N–H and O–H groups in total. The maximum atomic E-state index is 11.5. The van der Waals surface area contributed by atoms with Crippen LogP contribution in [0, 0.1) is 0 Å². The maximum Gasteiger partial charge on any atom is 0.211 e. The molecular weight excluding hydrogens is 288 g/mol. The van der Waals surface area contributed by atoms with Crippen molar-refractivity contribution in [1.82, 2.24) is 9.62 Å². The Hall–Kier alpha value is -0.950. The first kappa shape index (κ1) is 16.4. The second-order valence-corrected chi connectivity index (χ2v) is 7.50. The Morgan fingerprint density at radius 2 is 1.90 bits per heavy atom. The number of benzene rings is 1. The normalized spacial score (nSPS) is 19.5. The quantitative estimate of drug-likeness (QED) is 0.862. The van der Waals surface area contributed by atoms with Gasteiger partial charge in [-0.3, -0.25) is 0 Å². The topological polar surface area (TPSA) is 58.6 Å². The molecule has 21 heavy (non-hydrogen) atoms. The van der Waals surface area contributed by atoms with Crippen molar-refractivity contribution in [1.29, 1.82) is 0 Å². The predicted molar refractivity (Wildman–Crippen MR) is 83.6 cm³/mol. The highest BCUT2D eigenvalue weighted by molar-refractivity contribution is 7.88. The Morgan fingerprint density at radius 3 is 2.43 bits per heavy atom. The molecule has 1 aliphatic heterocycles. The van der Waals surface area contributed by atoms with Gasteiger partial charge in [-0.15, -0.1) is 0 Å². The Kier molecular flexibility index (Phi) is 5.75. The van der Waals surface area contributed by atoms with Gasteiger partial charge in [0.1, 0.15) is 0 Å². The zero-order valence-electron chi connectivity index (χ0n) is 12.7. The molecule has 1 saturated heterocycles. The van der Waals surface area contributed by atoms with Crippen molar-refractivity contribution < 1.29 is 13.2 Å². The number of hydrogen-bond donors (Lipinski definition) is 1. The minimum Gasteiger partial charge on any atom is -0.383 e. The molecule has 0 bridgehead atoms. The third-order valence-corrected chi connectivity index (χ3v) is 5.20. The van der Waals surface area contributed by atoms with E-state index in [4.69, 9.17) is 4.74 Å². The number of nitrogens with one attached hydrogen (secondary N) is 1. The highest BCUT2D eigenvalue weighted by Crippen LogP contribution is 2.19. The van der Waals surface area contributed by atoms with Gasteiger partial charge in [0.2, 0.25) is 10.0 Å². The van der Waals surface area contributed by atoms with E-state index in [2.05, 4.69) is 17.4 Å². The fourth-order valence-corrected chi connectivity index (χ4v) is 3.61. The van der Waals surface area contributed by atoms with Crippen molar-refractivity contribution >= 4 is 10.0 Å².